The van der Waals surface area contributed by atoms with E-state index < -0.39 is 0 Å². The highest BCUT2D eigenvalue weighted by atomic mass is 14.4. The van der Waals surface area contributed by atoms with E-state index in [1.54, 1.807) is 5.57 Å². The van der Waals surface area contributed by atoms with Gasteiger partial charge in [0.25, 0.3) is 0 Å². The van der Waals surface area contributed by atoms with Crippen molar-refractivity contribution in [1.82, 2.24) is 0 Å². The molecule has 2 rings (SSSR count). The van der Waals surface area contributed by atoms with E-state index in [0.717, 1.165) is 5.92 Å². The fourth-order valence-electron chi connectivity index (χ4n) is 1.18. The molecule has 1 atom stereocenters. The second kappa shape index (κ2) is 0.835. The van der Waals surface area contributed by atoms with Crippen LogP contribution in [0.3, 0.4) is 0 Å². The molecule has 1 saturated carbocycles. The molecule has 0 aromatic carbocycles. The first-order chi connectivity index (χ1) is 3.38. The van der Waals surface area contributed by atoms with Crippen LogP contribution in [0.15, 0.2) is 23.3 Å². The second-order valence-corrected chi connectivity index (χ2v) is 2.38. The van der Waals surface area contributed by atoms with Crippen LogP contribution in [0.2, 0.25) is 0 Å². The van der Waals surface area contributed by atoms with Crippen LogP contribution in [0.5, 0.6) is 0 Å². The van der Waals surface area contributed by atoms with Gasteiger partial charge in [-0.1, -0.05) is 23.3 Å². The van der Waals surface area contributed by atoms with Crippen molar-refractivity contribution in [1.29, 1.82) is 0 Å². The Labute approximate surface area is 43.5 Å². The normalized spacial score (nSPS) is 34.1. The van der Waals surface area contributed by atoms with Crippen molar-refractivity contribution in [3.8, 4) is 0 Å². The zero-order valence-electron chi connectivity index (χ0n) is 4.44. The van der Waals surface area contributed by atoms with Gasteiger partial charge >= 0.3 is 0 Å². The highest BCUT2D eigenvalue weighted by molar-refractivity contribution is 5.45. The summed E-state index contributed by atoms with van der Waals surface area (Å²) in [6.07, 6.45) is 5.89. The lowest BCUT2D eigenvalue weighted by atomic mass is 10.3. The number of hydrogen-bond acceptors (Lipinski definition) is 0. The van der Waals surface area contributed by atoms with E-state index in [1.165, 1.54) is 12.0 Å². The molecule has 0 aromatic heterocycles. The predicted molar refractivity (Wildman–Crippen MR) is 29.9 cm³/mol. The minimum Gasteiger partial charge on any atom is -0.0767 e. The van der Waals surface area contributed by atoms with E-state index in [4.69, 9.17) is 0 Å². The molecule has 2 aliphatic carbocycles. The maximum atomic E-state index is 2.30. The molecule has 1 unspecified atom stereocenters. The highest BCUT2D eigenvalue weighted by Gasteiger charge is 2.31. The van der Waals surface area contributed by atoms with Crippen LogP contribution in [0, 0.1) is 5.92 Å². The van der Waals surface area contributed by atoms with Crippen LogP contribution in [-0.2, 0) is 0 Å². The van der Waals surface area contributed by atoms with Crippen LogP contribution in [-0.4, -0.2) is 0 Å². The summed E-state index contributed by atoms with van der Waals surface area (Å²) in [7, 11) is 0. The minimum absolute atomic E-state index is 0.889. The Bertz CT molecular complexity index is 161. The molecule has 0 saturated heterocycles. The quantitative estimate of drug-likeness (QED) is 0.428. The van der Waals surface area contributed by atoms with Crippen molar-refractivity contribution < 1.29 is 0 Å². The average Bonchev–Trinajstić information content (AvgIpc) is 2.33. The molecule has 0 radical (unpaired) electrons. The van der Waals surface area contributed by atoms with Gasteiger partial charge in [-0.2, -0.15) is 0 Å². The number of allylic oxidation sites excluding steroid dienone is 4. The Morgan fingerprint density at radius 2 is 2.57 bits per heavy atom. The Morgan fingerprint density at radius 1 is 1.71 bits per heavy atom. The summed E-state index contributed by atoms with van der Waals surface area (Å²) in [5, 5.41) is 0. The molecule has 0 aromatic rings. The molecule has 0 aliphatic heterocycles. The Balaban J connectivity index is 2.50. The van der Waals surface area contributed by atoms with Gasteiger partial charge in [0, 0.05) is 5.92 Å². The predicted octanol–water partition coefficient (Wildman–Crippen LogP) is 1.89. The fraction of sp³-hybridized carbons (Fsp3) is 0.429. The standard InChI is InChI=1S/C7H8/c1-5-2-3-6-4-7(5)6/h2-3,6H,4H2,1H3. The van der Waals surface area contributed by atoms with Crippen molar-refractivity contribution in [2.75, 3.05) is 0 Å². The zero-order valence-corrected chi connectivity index (χ0v) is 4.44. The maximum Gasteiger partial charge on any atom is 0.00236 e. The summed E-state index contributed by atoms with van der Waals surface area (Å²) >= 11 is 0. The largest absolute Gasteiger partial charge is 0.0767 e. The van der Waals surface area contributed by atoms with Gasteiger partial charge in [0.05, 0.1) is 0 Å². The lowest BCUT2D eigenvalue weighted by Gasteiger charge is -1.77. The third kappa shape index (κ3) is 0.317. The highest BCUT2D eigenvalue weighted by Crippen LogP contribution is 2.45. The SMILES string of the molecule is CC1=C2CC2C=C1. The van der Waals surface area contributed by atoms with Crippen LogP contribution >= 0.6 is 0 Å². The molecule has 0 N–H and O–H groups in total. The van der Waals surface area contributed by atoms with Gasteiger partial charge in [-0.25, -0.2) is 0 Å². The topological polar surface area (TPSA) is 0 Å². The summed E-state index contributed by atoms with van der Waals surface area (Å²) < 4.78 is 0. The third-order valence-corrected chi connectivity index (χ3v) is 1.81. The van der Waals surface area contributed by atoms with Crippen molar-refractivity contribution in [3.05, 3.63) is 23.3 Å². The van der Waals surface area contributed by atoms with Crippen molar-refractivity contribution in [3.63, 3.8) is 0 Å². The Morgan fingerprint density at radius 3 is 2.71 bits per heavy atom. The summed E-state index contributed by atoms with van der Waals surface area (Å²) in [4.78, 5) is 0. The van der Waals surface area contributed by atoms with E-state index in [0.29, 0.717) is 0 Å². The van der Waals surface area contributed by atoms with E-state index in [1.807, 2.05) is 0 Å². The molecule has 7 heavy (non-hydrogen) atoms. The van der Waals surface area contributed by atoms with Gasteiger partial charge in [0.1, 0.15) is 0 Å². The summed E-state index contributed by atoms with van der Waals surface area (Å²) in [6, 6.07) is 0. The molecule has 0 spiro atoms. The van der Waals surface area contributed by atoms with Crippen LogP contribution < -0.4 is 0 Å². The van der Waals surface area contributed by atoms with Gasteiger partial charge in [0.15, 0.2) is 0 Å². The molecular formula is C7H8. The van der Waals surface area contributed by atoms with E-state index in [9.17, 15) is 0 Å². The minimum atomic E-state index is 0.889. The van der Waals surface area contributed by atoms with Crippen molar-refractivity contribution >= 4 is 0 Å². The number of fused-ring (bicyclic) bond motifs is 1. The molecule has 0 heterocycles. The van der Waals surface area contributed by atoms with Crippen LogP contribution in [0.1, 0.15) is 13.3 Å². The van der Waals surface area contributed by atoms with E-state index in [-0.39, 0.29) is 0 Å². The van der Waals surface area contributed by atoms with Gasteiger partial charge in [-0.05, 0) is 13.3 Å². The smallest absolute Gasteiger partial charge is 0.00236 e. The fourth-order valence-corrected chi connectivity index (χ4v) is 1.18. The van der Waals surface area contributed by atoms with E-state index in [2.05, 4.69) is 19.1 Å². The first kappa shape index (κ1) is 3.48. The maximum absolute atomic E-state index is 2.30. The zero-order chi connectivity index (χ0) is 4.85. The monoisotopic (exact) mass is 92.1 g/mol. The van der Waals surface area contributed by atoms with Crippen molar-refractivity contribution in [2.24, 2.45) is 5.92 Å². The van der Waals surface area contributed by atoms with Crippen LogP contribution in [0.25, 0.3) is 0 Å². The second-order valence-electron chi connectivity index (χ2n) is 2.38. The third-order valence-electron chi connectivity index (χ3n) is 1.81. The molecular weight excluding hydrogens is 84.1 g/mol. The first-order valence-electron chi connectivity index (χ1n) is 2.76. The molecule has 1 fully saturated rings. The summed E-state index contributed by atoms with van der Waals surface area (Å²) in [5.41, 5.74) is 3.20. The lowest BCUT2D eigenvalue weighted by molar-refractivity contribution is 1.17. The molecule has 2 aliphatic rings. The molecule has 0 nitrogen and oxygen atoms in total. The van der Waals surface area contributed by atoms with Gasteiger partial charge in [-0.15, -0.1) is 0 Å². The number of hydrogen-bond donors (Lipinski definition) is 0. The first-order valence-corrected chi connectivity index (χ1v) is 2.76. The van der Waals surface area contributed by atoms with Crippen molar-refractivity contribution in [2.45, 2.75) is 13.3 Å². The van der Waals surface area contributed by atoms with Gasteiger partial charge in [0.2, 0.25) is 0 Å². The molecule has 36 valence electrons. The average molecular weight is 92.1 g/mol. The Kier molecular flexibility index (Phi) is 0.415. The molecule has 0 heteroatoms. The van der Waals surface area contributed by atoms with Gasteiger partial charge in [-0.3, -0.25) is 0 Å². The lowest BCUT2D eigenvalue weighted by Crippen LogP contribution is -1.57. The van der Waals surface area contributed by atoms with Crippen LogP contribution in [0.4, 0.5) is 0 Å². The number of rotatable bonds is 0. The molecule has 0 bridgehead atoms. The Hall–Kier alpha value is -0.520. The summed E-state index contributed by atoms with van der Waals surface area (Å²) in [6.45, 7) is 2.19. The van der Waals surface area contributed by atoms with E-state index >= 15 is 0 Å². The van der Waals surface area contributed by atoms with Gasteiger partial charge < -0.3 is 0 Å². The summed E-state index contributed by atoms with van der Waals surface area (Å²) in [5.74, 6) is 0.889. The molecule has 0 amide bonds.